The number of ether oxygens (including phenoxy) is 1. The van der Waals surface area contributed by atoms with E-state index in [1.165, 1.54) is 4.90 Å². The van der Waals surface area contributed by atoms with Gasteiger partial charge in [0.1, 0.15) is 11.4 Å². The number of rotatable bonds is 0. The quantitative estimate of drug-likeness (QED) is 0.730. The molecule has 1 aromatic rings. The molecule has 2 rings (SSSR count). The van der Waals surface area contributed by atoms with E-state index in [0.717, 1.165) is 11.3 Å². The number of fused-ring (bicyclic) bond motifs is 1. The molecule has 5 heteroatoms. The number of nitrogens with zero attached hydrogens (tertiary/aromatic N) is 2. The van der Waals surface area contributed by atoms with Crippen molar-refractivity contribution in [3.8, 4) is 0 Å². The van der Waals surface area contributed by atoms with Crippen LogP contribution in [0.4, 0.5) is 10.6 Å². The van der Waals surface area contributed by atoms with Gasteiger partial charge < -0.3 is 4.74 Å². The van der Waals surface area contributed by atoms with E-state index in [2.05, 4.69) is 4.98 Å². The molecule has 0 bridgehead atoms. The highest BCUT2D eigenvalue weighted by Crippen LogP contribution is 2.29. The van der Waals surface area contributed by atoms with Crippen molar-refractivity contribution < 1.29 is 14.3 Å². The van der Waals surface area contributed by atoms with E-state index in [4.69, 9.17) is 4.74 Å². The summed E-state index contributed by atoms with van der Waals surface area (Å²) in [5.41, 5.74) is 1.60. The van der Waals surface area contributed by atoms with Gasteiger partial charge in [-0.3, -0.25) is 9.69 Å². The van der Waals surface area contributed by atoms with Crippen molar-refractivity contribution in [3.05, 3.63) is 22.9 Å². The van der Waals surface area contributed by atoms with E-state index >= 15 is 0 Å². The Kier molecular flexibility index (Phi) is 3.54. The van der Waals surface area contributed by atoms with Crippen molar-refractivity contribution >= 4 is 17.7 Å². The lowest BCUT2D eigenvalue weighted by atomic mass is 9.99. The minimum Gasteiger partial charge on any atom is -0.443 e. The highest BCUT2D eigenvalue weighted by molar-refractivity contribution is 6.07. The van der Waals surface area contributed by atoms with Crippen molar-refractivity contribution in [1.29, 1.82) is 0 Å². The molecule has 0 aliphatic carbocycles. The van der Waals surface area contributed by atoms with Gasteiger partial charge in [0, 0.05) is 18.7 Å². The molecule has 1 amide bonds. The molecule has 0 saturated carbocycles. The molecule has 20 heavy (non-hydrogen) atoms. The molecule has 5 nitrogen and oxygen atoms in total. The molecular weight excluding hydrogens is 256 g/mol. The topological polar surface area (TPSA) is 59.5 Å². The van der Waals surface area contributed by atoms with E-state index in [-0.39, 0.29) is 5.78 Å². The number of aryl methyl sites for hydroxylation is 2. The first-order chi connectivity index (χ1) is 9.19. The van der Waals surface area contributed by atoms with Crippen LogP contribution in [0.25, 0.3) is 0 Å². The fourth-order valence-electron chi connectivity index (χ4n) is 2.30. The van der Waals surface area contributed by atoms with Crippen LogP contribution in [0.1, 0.15) is 48.8 Å². The second kappa shape index (κ2) is 4.89. The lowest BCUT2D eigenvalue weighted by molar-refractivity contribution is 0.0576. The first-order valence-corrected chi connectivity index (χ1v) is 6.71. The largest absolute Gasteiger partial charge is 0.443 e. The Bertz CT molecular complexity index is 573. The van der Waals surface area contributed by atoms with Crippen LogP contribution in [0.15, 0.2) is 6.07 Å². The third-order valence-corrected chi connectivity index (χ3v) is 3.04. The van der Waals surface area contributed by atoms with Gasteiger partial charge in [-0.1, -0.05) is 0 Å². The smallest absolute Gasteiger partial charge is 0.416 e. The summed E-state index contributed by atoms with van der Waals surface area (Å²) in [4.78, 5) is 30.1. The van der Waals surface area contributed by atoms with Gasteiger partial charge in [0.25, 0.3) is 0 Å². The van der Waals surface area contributed by atoms with Crippen LogP contribution >= 0.6 is 0 Å². The molecule has 1 aliphatic rings. The summed E-state index contributed by atoms with van der Waals surface area (Å²) in [6.07, 6.45) is -0.151. The molecule has 0 N–H and O–H groups in total. The number of pyridine rings is 1. The molecule has 0 radical (unpaired) electrons. The molecule has 0 saturated heterocycles. The molecular formula is C15H20N2O3. The first-order valence-electron chi connectivity index (χ1n) is 6.71. The first kappa shape index (κ1) is 14.5. The van der Waals surface area contributed by atoms with Gasteiger partial charge in [0.15, 0.2) is 5.78 Å². The summed E-state index contributed by atoms with van der Waals surface area (Å²) in [6, 6.07) is 1.86. The van der Waals surface area contributed by atoms with E-state index in [0.29, 0.717) is 24.3 Å². The minimum absolute atomic E-state index is 0.0322. The van der Waals surface area contributed by atoms with Crippen molar-refractivity contribution in [2.24, 2.45) is 0 Å². The highest BCUT2D eigenvalue weighted by Gasteiger charge is 2.32. The summed E-state index contributed by atoms with van der Waals surface area (Å²) in [5, 5.41) is 0. The summed E-state index contributed by atoms with van der Waals surface area (Å²) in [6.45, 7) is 9.47. The van der Waals surface area contributed by atoms with Crippen LogP contribution in [0.5, 0.6) is 0 Å². The Morgan fingerprint density at radius 2 is 2.00 bits per heavy atom. The van der Waals surface area contributed by atoms with Gasteiger partial charge in [0.2, 0.25) is 0 Å². The summed E-state index contributed by atoms with van der Waals surface area (Å²) < 4.78 is 5.38. The third kappa shape index (κ3) is 2.81. The summed E-state index contributed by atoms with van der Waals surface area (Å²) in [7, 11) is 0. The predicted molar refractivity (Wildman–Crippen MR) is 76.2 cm³/mol. The number of aromatic nitrogens is 1. The minimum atomic E-state index is -0.572. The molecule has 1 aromatic heterocycles. The van der Waals surface area contributed by atoms with Gasteiger partial charge in [-0.25, -0.2) is 9.78 Å². The van der Waals surface area contributed by atoms with Crippen LogP contribution in [-0.4, -0.2) is 29.0 Å². The van der Waals surface area contributed by atoms with Crippen molar-refractivity contribution in [3.63, 3.8) is 0 Å². The molecule has 1 aliphatic heterocycles. The molecule has 0 unspecified atom stereocenters. The number of carbonyl (C=O) groups excluding carboxylic acids is 2. The van der Waals surface area contributed by atoms with Crippen LogP contribution in [0, 0.1) is 13.8 Å². The molecule has 0 spiro atoms. The van der Waals surface area contributed by atoms with Crippen molar-refractivity contribution in [1.82, 2.24) is 4.98 Å². The molecule has 0 aromatic carbocycles. The standard InChI is InChI=1S/C15H20N2O3/c1-9-8-10(2)16-13-12(9)11(18)6-7-17(13)14(19)20-15(3,4)5/h8H,6-7H2,1-5H3. The van der Waals surface area contributed by atoms with E-state index in [9.17, 15) is 9.59 Å². The predicted octanol–water partition coefficient (Wildman–Crippen LogP) is 3.03. The van der Waals surface area contributed by atoms with Crippen molar-refractivity contribution in [2.45, 2.75) is 46.6 Å². The number of Topliss-reactive ketones (excluding diaryl/α,β-unsaturated/α-hetero) is 1. The van der Waals surface area contributed by atoms with Gasteiger partial charge >= 0.3 is 6.09 Å². The Morgan fingerprint density at radius 3 is 2.60 bits per heavy atom. The number of hydrogen-bond acceptors (Lipinski definition) is 4. The fourth-order valence-corrected chi connectivity index (χ4v) is 2.30. The van der Waals surface area contributed by atoms with Gasteiger partial charge in [-0.05, 0) is 46.2 Å². The highest BCUT2D eigenvalue weighted by atomic mass is 16.6. The van der Waals surface area contributed by atoms with Crippen molar-refractivity contribution in [2.75, 3.05) is 11.4 Å². The maximum absolute atomic E-state index is 12.3. The van der Waals surface area contributed by atoms with E-state index < -0.39 is 11.7 Å². The number of ketones is 1. The lowest BCUT2D eigenvalue weighted by Gasteiger charge is -2.31. The third-order valence-electron chi connectivity index (χ3n) is 3.04. The van der Waals surface area contributed by atoms with Gasteiger partial charge in [-0.2, -0.15) is 0 Å². The van der Waals surface area contributed by atoms with E-state index in [1.54, 1.807) is 0 Å². The fraction of sp³-hybridized carbons (Fsp3) is 0.533. The van der Waals surface area contributed by atoms with E-state index in [1.807, 2.05) is 40.7 Å². The second-order valence-corrected chi connectivity index (χ2v) is 6.08. The SMILES string of the molecule is Cc1cc(C)c2c(n1)N(C(=O)OC(C)(C)C)CCC2=O. The van der Waals surface area contributed by atoms with Crippen LogP contribution in [0.2, 0.25) is 0 Å². The number of amides is 1. The zero-order valence-corrected chi connectivity index (χ0v) is 12.6. The second-order valence-electron chi connectivity index (χ2n) is 6.08. The average molecular weight is 276 g/mol. The van der Waals surface area contributed by atoms with Gasteiger partial charge in [0.05, 0.1) is 5.56 Å². The van der Waals surface area contributed by atoms with Crippen LogP contribution in [-0.2, 0) is 4.74 Å². The van der Waals surface area contributed by atoms with Crippen LogP contribution < -0.4 is 4.90 Å². The normalized spacial score (nSPS) is 15.1. The zero-order chi connectivity index (χ0) is 15.1. The Balaban J connectivity index is 2.43. The average Bonchev–Trinajstić information content (AvgIpc) is 2.25. The number of carbonyl (C=O) groups is 2. The zero-order valence-electron chi connectivity index (χ0n) is 12.6. The molecule has 0 fully saturated rings. The molecule has 108 valence electrons. The maximum atomic E-state index is 12.3. The van der Waals surface area contributed by atoms with Gasteiger partial charge in [-0.15, -0.1) is 0 Å². The molecule has 2 heterocycles. The monoisotopic (exact) mass is 276 g/mol. The maximum Gasteiger partial charge on any atom is 0.416 e. The molecule has 0 atom stereocenters. The lowest BCUT2D eigenvalue weighted by Crippen LogP contribution is -2.42. The Morgan fingerprint density at radius 1 is 1.35 bits per heavy atom. The number of anilines is 1. The van der Waals surface area contributed by atoms with Crippen LogP contribution in [0.3, 0.4) is 0 Å². The Hall–Kier alpha value is -1.91. The summed E-state index contributed by atoms with van der Waals surface area (Å²) in [5.74, 6) is 0.456. The summed E-state index contributed by atoms with van der Waals surface area (Å²) >= 11 is 0. The number of hydrogen-bond donors (Lipinski definition) is 0. The Labute approximate surface area is 118 Å².